The molecule has 0 aliphatic heterocycles. The monoisotopic (exact) mass is 227 g/mol. The SMILES string of the molecule is c1ccc2c(c1)CCC2NCCc1ncc[nH]1. The van der Waals surface area contributed by atoms with E-state index in [2.05, 4.69) is 39.6 Å². The summed E-state index contributed by atoms with van der Waals surface area (Å²) in [5, 5.41) is 3.62. The van der Waals surface area contributed by atoms with E-state index < -0.39 is 0 Å². The molecule has 0 spiro atoms. The molecule has 2 aromatic rings. The molecule has 88 valence electrons. The first-order valence-corrected chi connectivity index (χ1v) is 6.23. The van der Waals surface area contributed by atoms with E-state index >= 15 is 0 Å². The lowest BCUT2D eigenvalue weighted by Crippen LogP contribution is -2.22. The van der Waals surface area contributed by atoms with Crippen molar-refractivity contribution in [3.05, 3.63) is 53.6 Å². The van der Waals surface area contributed by atoms with Crippen LogP contribution in [0.1, 0.15) is 29.4 Å². The molecule has 1 heterocycles. The molecule has 3 rings (SSSR count). The van der Waals surface area contributed by atoms with Gasteiger partial charge in [0.1, 0.15) is 5.82 Å². The molecule has 0 saturated heterocycles. The highest BCUT2D eigenvalue weighted by Gasteiger charge is 2.20. The van der Waals surface area contributed by atoms with E-state index in [-0.39, 0.29) is 0 Å². The lowest BCUT2D eigenvalue weighted by molar-refractivity contribution is 0.530. The van der Waals surface area contributed by atoms with Gasteiger partial charge < -0.3 is 10.3 Å². The van der Waals surface area contributed by atoms with Crippen molar-refractivity contribution in [3.8, 4) is 0 Å². The van der Waals surface area contributed by atoms with Gasteiger partial charge in [-0.1, -0.05) is 24.3 Å². The summed E-state index contributed by atoms with van der Waals surface area (Å²) in [5.41, 5.74) is 2.98. The second-order valence-electron chi connectivity index (χ2n) is 4.53. The van der Waals surface area contributed by atoms with Crippen LogP contribution in [0.4, 0.5) is 0 Å². The molecule has 0 fully saturated rings. The molecule has 0 amide bonds. The number of nitrogens with one attached hydrogen (secondary N) is 2. The second kappa shape index (κ2) is 4.72. The maximum Gasteiger partial charge on any atom is 0.107 e. The quantitative estimate of drug-likeness (QED) is 0.841. The van der Waals surface area contributed by atoms with Crippen LogP contribution in [0.2, 0.25) is 0 Å². The number of H-pyrrole nitrogens is 1. The summed E-state index contributed by atoms with van der Waals surface area (Å²) in [6, 6.07) is 9.27. The molecule has 1 aromatic carbocycles. The molecular formula is C14H17N3. The van der Waals surface area contributed by atoms with Crippen molar-refractivity contribution in [1.82, 2.24) is 15.3 Å². The Kier molecular flexibility index (Phi) is 2.92. The van der Waals surface area contributed by atoms with Crippen LogP contribution in [0.3, 0.4) is 0 Å². The van der Waals surface area contributed by atoms with Gasteiger partial charge in [-0.05, 0) is 24.0 Å². The minimum atomic E-state index is 0.529. The molecule has 1 aliphatic rings. The van der Waals surface area contributed by atoms with E-state index in [1.807, 2.05) is 6.20 Å². The minimum absolute atomic E-state index is 0.529. The van der Waals surface area contributed by atoms with Gasteiger partial charge in [0.15, 0.2) is 0 Å². The summed E-state index contributed by atoms with van der Waals surface area (Å²) in [4.78, 5) is 7.36. The van der Waals surface area contributed by atoms with Crippen molar-refractivity contribution in [2.24, 2.45) is 0 Å². The molecule has 0 bridgehead atoms. The molecule has 3 heteroatoms. The highest BCUT2D eigenvalue weighted by Crippen LogP contribution is 2.30. The Balaban J connectivity index is 1.57. The Hall–Kier alpha value is -1.61. The normalized spacial score (nSPS) is 18.2. The van der Waals surface area contributed by atoms with Crippen molar-refractivity contribution in [2.45, 2.75) is 25.3 Å². The first-order chi connectivity index (χ1) is 8.43. The number of benzene rings is 1. The highest BCUT2D eigenvalue weighted by atomic mass is 14.9. The summed E-state index contributed by atoms with van der Waals surface area (Å²) in [7, 11) is 0. The second-order valence-corrected chi connectivity index (χ2v) is 4.53. The largest absolute Gasteiger partial charge is 0.349 e. The molecule has 3 nitrogen and oxygen atoms in total. The van der Waals surface area contributed by atoms with Gasteiger partial charge in [-0.3, -0.25) is 0 Å². The third-order valence-corrected chi connectivity index (χ3v) is 3.44. The van der Waals surface area contributed by atoms with Gasteiger partial charge in [-0.15, -0.1) is 0 Å². The molecule has 17 heavy (non-hydrogen) atoms. The van der Waals surface area contributed by atoms with Crippen LogP contribution in [0.5, 0.6) is 0 Å². The fourth-order valence-corrected chi connectivity index (χ4v) is 2.57. The minimum Gasteiger partial charge on any atom is -0.349 e. The number of aromatic amines is 1. The molecule has 0 saturated carbocycles. The first kappa shape index (κ1) is 10.5. The van der Waals surface area contributed by atoms with Crippen LogP contribution < -0.4 is 5.32 Å². The van der Waals surface area contributed by atoms with Gasteiger partial charge in [0, 0.05) is 31.4 Å². The highest BCUT2D eigenvalue weighted by molar-refractivity contribution is 5.34. The predicted molar refractivity (Wildman–Crippen MR) is 67.8 cm³/mol. The van der Waals surface area contributed by atoms with E-state index in [4.69, 9.17) is 0 Å². The van der Waals surface area contributed by atoms with Crippen LogP contribution >= 0.6 is 0 Å². The Labute approximate surface area is 101 Å². The molecule has 2 N–H and O–H groups in total. The number of aromatic nitrogens is 2. The van der Waals surface area contributed by atoms with Gasteiger partial charge in [-0.25, -0.2) is 4.98 Å². The summed E-state index contributed by atoms with van der Waals surface area (Å²) in [6.45, 7) is 0.979. The topological polar surface area (TPSA) is 40.7 Å². The molecule has 1 atom stereocenters. The van der Waals surface area contributed by atoms with Crippen molar-refractivity contribution in [1.29, 1.82) is 0 Å². The van der Waals surface area contributed by atoms with Gasteiger partial charge in [-0.2, -0.15) is 0 Å². The van der Waals surface area contributed by atoms with Gasteiger partial charge in [0.05, 0.1) is 0 Å². The third-order valence-electron chi connectivity index (χ3n) is 3.44. The summed E-state index contributed by atoms with van der Waals surface area (Å²) < 4.78 is 0. The number of imidazole rings is 1. The number of fused-ring (bicyclic) bond motifs is 1. The number of nitrogens with zero attached hydrogens (tertiary/aromatic N) is 1. The number of aryl methyl sites for hydroxylation is 1. The Morgan fingerprint density at radius 1 is 1.35 bits per heavy atom. The zero-order valence-electron chi connectivity index (χ0n) is 9.82. The van der Waals surface area contributed by atoms with Crippen LogP contribution in [0.25, 0.3) is 0 Å². The van der Waals surface area contributed by atoms with Gasteiger partial charge in [0.2, 0.25) is 0 Å². The molecule has 0 radical (unpaired) electrons. The summed E-state index contributed by atoms with van der Waals surface area (Å²) in [5.74, 6) is 1.06. The maximum atomic E-state index is 4.23. The van der Waals surface area contributed by atoms with Crippen molar-refractivity contribution in [3.63, 3.8) is 0 Å². The lowest BCUT2D eigenvalue weighted by atomic mass is 10.1. The summed E-state index contributed by atoms with van der Waals surface area (Å²) >= 11 is 0. The molecule has 1 aromatic heterocycles. The van der Waals surface area contributed by atoms with Crippen LogP contribution in [-0.4, -0.2) is 16.5 Å². The van der Waals surface area contributed by atoms with Crippen LogP contribution in [0.15, 0.2) is 36.7 Å². The molecule has 1 aliphatic carbocycles. The van der Waals surface area contributed by atoms with E-state index in [1.165, 1.54) is 24.0 Å². The smallest absolute Gasteiger partial charge is 0.107 e. The van der Waals surface area contributed by atoms with E-state index in [0.29, 0.717) is 6.04 Å². The van der Waals surface area contributed by atoms with Gasteiger partial charge >= 0.3 is 0 Å². The summed E-state index contributed by atoms with van der Waals surface area (Å²) in [6.07, 6.45) is 7.07. The van der Waals surface area contributed by atoms with Crippen LogP contribution in [0, 0.1) is 0 Å². The third kappa shape index (κ3) is 2.24. The zero-order chi connectivity index (χ0) is 11.5. The van der Waals surface area contributed by atoms with E-state index in [0.717, 1.165) is 18.8 Å². The van der Waals surface area contributed by atoms with Crippen molar-refractivity contribution >= 4 is 0 Å². The van der Waals surface area contributed by atoms with Gasteiger partial charge in [0.25, 0.3) is 0 Å². The van der Waals surface area contributed by atoms with E-state index in [1.54, 1.807) is 6.20 Å². The predicted octanol–water partition coefficient (Wildman–Crippen LogP) is 2.23. The fraction of sp³-hybridized carbons (Fsp3) is 0.357. The number of rotatable bonds is 4. The average molecular weight is 227 g/mol. The van der Waals surface area contributed by atoms with E-state index in [9.17, 15) is 0 Å². The Bertz CT molecular complexity index is 476. The molecular weight excluding hydrogens is 210 g/mol. The Morgan fingerprint density at radius 2 is 2.29 bits per heavy atom. The zero-order valence-corrected chi connectivity index (χ0v) is 9.82. The first-order valence-electron chi connectivity index (χ1n) is 6.23. The number of hydrogen-bond acceptors (Lipinski definition) is 2. The standard InChI is InChI=1S/C14H17N3/c1-2-4-12-11(3-1)5-6-13(12)15-8-7-14-16-9-10-17-14/h1-4,9-10,13,15H,5-8H2,(H,16,17). The average Bonchev–Trinajstić information content (AvgIpc) is 2.99. The molecule has 1 unspecified atom stereocenters. The maximum absolute atomic E-state index is 4.23. The van der Waals surface area contributed by atoms with Crippen molar-refractivity contribution < 1.29 is 0 Å². The van der Waals surface area contributed by atoms with Crippen molar-refractivity contribution in [2.75, 3.05) is 6.54 Å². The Morgan fingerprint density at radius 3 is 3.18 bits per heavy atom. The number of hydrogen-bond donors (Lipinski definition) is 2. The lowest BCUT2D eigenvalue weighted by Gasteiger charge is -2.13. The van der Waals surface area contributed by atoms with Crippen LogP contribution in [-0.2, 0) is 12.8 Å². The fourth-order valence-electron chi connectivity index (χ4n) is 2.57.